The van der Waals surface area contributed by atoms with Gasteiger partial charge >= 0.3 is 5.97 Å². The first-order valence-corrected chi connectivity index (χ1v) is 9.10. The summed E-state index contributed by atoms with van der Waals surface area (Å²) in [5, 5.41) is 0. The van der Waals surface area contributed by atoms with Crippen LogP contribution in [0.3, 0.4) is 0 Å². The second-order valence-corrected chi connectivity index (χ2v) is 6.58. The quantitative estimate of drug-likeness (QED) is 0.814. The predicted molar refractivity (Wildman–Crippen MR) is 100 cm³/mol. The highest BCUT2D eigenvalue weighted by Gasteiger charge is 2.25. The Labute approximate surface area is 157 Å². The van der Waals surface area contributed by atoms with Crippen molar-refractivity contribution in [2.24, 2.45) is 0 Å². The lowest BCUT2D eigenvalue weighted by molar-refractivity contribution is -0.145. The Balaban J connectivity index is 1.73. The molecule has 0 aliphatic carbocycles. The van der Waals surface area contributed by atoms with E-state index < -0.39 is 0 Å². The molecule has 7 nitrogen and oxygen atoms in total. The zero-order chi connectivity index (χ0) is 19.4. The van der Waals surface area contributed by atoms with E-state index in [1.54, 1.807) is 11.8 Å². The molecule has 1 amide bonds. The maximum absolute atomic E-state index is 12.5. The van der Waals surface area contributed by atoms with Crippen LogP contribution in [-0.2, 0) is 27.3 Å². The van der Waals surface area contributed by atoms with Gasteiger partial charge in [-0.3, -0.25) is 14.4 Å². The van der Waals surface area contributed by atoms with Gasteiger partial charge in [-0.15, -0.1) is 0 Å². The number of carbonyl (C=O) groups excluding carboxylic acids is 2. The monoisotopic (exact) mass is 369 g/mol. The molecule has 1 aromatic heterocycles. The summed E-state index contributed by atoms with van der Waals surface area (Å²) in [6, 6.07) is 7.79. The van der Waals surface area contributed by atoms with E-state index in [0.717, 1.165) is 16.8 Å². The molecule has 0 spiro atoms. The molecule has 0 radical (unpaired) electrons. The first-order chi connectivity index (χ1) is 13.0. The van der Waals surface area contributed by atoms with E-state index in [1.165, 1.54) is 0 Å². The molecule has 0 saturated carbocycles. The zero-order valence-electron chi connectivity index (χ0n) is 15.6. The van der Waals surface area contributed by atoms with E-state index in [4.69, 9.17) is 4.74 Å². The minimum atomic E-state index is -0.384. The molecule has 2 heterocycles. The van der Waals surface area contributed by atoms with Gasteiger partial charge in [0, 0.05) is 24.9 Å². The van der Waals surface area contributed by atoms with E-state index in [9.17, 15) is 14.4 Å². The van der Waals surface area contributed by atoms with Crippen LogP contribution in [0, 0.1) is 6.92 Å². The lowest BCUT2D eigenvalue weighted by atomic mass is 10.1. The van der Waals surface area contributed by atoms with Crippen molar-refractivity contribution in [1.82, 2.24) is 14.9 Å². The van der Waals surface area contributed by atoms with Crippen molar-refractivity contribution in [3.8, 4) is 11.4 Å². The van der Waals surface area contributed by atoms with Crippen molar-refractivity contribution in [2.45, 2.75) is 39.7 Å². The Morgan fingerprint density at radius 3 is 2.67 bits per heavy atom. The summed E-state index contributed by atoms with van der Waals surface area (Å²) >= 11 is 0. The number of carbonyl (C=O) groups is 2. The third kappa shape index (κ3) is 4.42. The fraction of sp³-hybridized carbons (Fsp3) is 0.400. The summed E-state index contributed by atoms with van der Waals surface area (Å²) in [5.41, 5.74) is 3.01. The fourth-order valence-corrected chi connectivity index (χ4v) is 3.09. The number of benzene rings is 1. The molecular weight excluding hydrogens is 346 g/mol. The van der Waals surface area contributed by atoms with Crippen LogP contribution in [0.1, 0.15) is 36.6 Å². The van der Waals surface area contributed by atoms with Crippen molar-refractivity contribution in [2.75, 3.05) is 13.2 Å². The Kier molecular flexibility index (Phi) is 5.69. The molecule has 0 fully saturated rings. The highest BCUT2D eigenvalue weighted by atomic mass is 16.5. The maximum Gasteiger partial charge on any atom is 0.306 e. The number of nitrogens with zero attached hydrogens (tertiary/aromatic N) is 2. The molecule has 0 saturated heterocycles. The largest absolute Gasteiger partial charge is 0.466 e. The summed E-state index contributed by atoms with van der Waals surface area (Å²) < 4.78 is 4.84. The fourth-order valence-electron chi connectivity index (χ4n) is 3.09. The first kappa shape index (κ1) is 18.8. The van der Waals surface area contributed by atoms with E-state index in [-0.39, 0.29) is 36.8 Å². The number of aromatic amines is 1. The van der Waals surface area contributed by atoms with E-state index in [1.807, 2.05) is 31.2 Å². The second-order valence-electron chi connectivity index (χ2n) is 6.58. The SMILES string of the molecule is CCOC(=O)CCC(=O)N1CCc2nc(-c3ccc(C)cc3)[nH]c(=O)c2C1. The van der Waals surface area contributed by atoms with E-state index in [0.29, 0.717) is 31.0 Å². The van der Waals surface area contributed by atoms with Gasteiger partial charge in [0.1, 0.15) is 5.82 Å². The summed E-state index contributed by atoms with van der Waals surface area (Å²) in [6.07, 6.45) is 0.654. The zero-order valence-corrected chi connectivity index (χ0v) is 15.6. The number of H-pyrrole nitrogens is 1. The maximum atomic E-state index is 12.5. The third-order valence-corrected chi connectivity index (χ3v) is 4.59. The molecule has 1 aliphatic rings. The molecule has 1 aromatic carbocycles. The molecule has 0 unspecified atom stereocenters. The standard InChI is InChI=1S/C20H23N3O4/c1-3-27-18(25)9-8-17(24)23-11-10-16-15(12-23)20(26)22-19(21-16)14-6-4-13(2)5-7-14/h4-7H,3,8-12H2,1-2H3,(H,21,22,26). The van der Waals surface area contributed by atoms with Crippen molar-refractivity contribution in [3.63, 3.8) is 0 Å². The average molecular weight is 369 g/mol. The Morgan fingerprint density at radius 1 is 1.22 bits per heavy atom. The van der Waals surface area contributed by atoms with Gasteiger partial charge in [0.2, 0.25) is 5.91 Å². The van der Waals surface area contributed by atoms with Crippen molar-refractivity contribution in [1.29, 1.82) is 0 Å². The van der Waals surface area contributed by atoms with Crippen LogP contribution in [0.15, 0.2) is 29.1 Å². The highest BCUT2D eigenvalue weighted by molar-refractivity contribution is 5.81. The molecule has 3 rings (SSSR count). The first-order valence-electron chi connectivity index (χ1n) is 9.10. The number of amides is 1. The average Bonchev–Trinajstić information content (AvgIpc) is 2.66. The van der Waals surface area contributed by atoms with Crippen LogP contribution in [0.2, 0.25) is 0 Å². The Hall–Kier alpha value is -2.96. The van der Waals surface area contributed by atoms with Crippen molar-refractivity contribution in [3.05, 3.63) is 51.4 Å². The predicted octanol–water partition coefficient (Wildman–Crippen LogP) is 1.97. The van der Waals surface area contributed by atoms with Gasteiger partial charge in [0.15, 0.2) is 0 Å². The molecule has 1 N–H and O–H groups in total. The van der Waals surface area contributed by atoms with Crippen LogP contribution in [0.25, 0.3) is 11.4 Å². The van der Waals surface area contributed by atoms with Gasteiger partial charge < -0.3 is 14.6 Å². The number of nitrogens with one attached hydrogen (secondary N) is 1. The summed E-state index contributed by atoms with van der Waals surface area (Å²) in [5.74, 6) is 0.00191. The summed E-state index contributed by atoms with van der Waals surface area (Å²) in [7, 11) is 0. The topological polar surface area (TPSA) is 92.4 Å². The summed E-state index contributed by atoms with van der Waals surface area (Å²) in [4.78, 5) is 45.3. The number of rotatable bonds is 5. The number of fused-ring (bicyclic) bond motifs is 1. The third-order valence-electron chi connectivity index (χ3n) is 4.59. The number of aryl methyl sites for hydroxylation is 1. The molecule has 27 heavy (non-hydrogen) atoms. The Bertz CT molecular complexity index is 902. The van der Waals surface area contributed by atoms with Crippen molar-refractivity contribution < 1.29 is 14.3 Å². The van der Waals surface area contributed by atoms with Crippen LogP contribution in [0.4, 0.5) is 0 Å². The molecule has 142 valence electrons. The number of hydrogen-bond donors (Lipinski definition) is 1. The van der Waals surface area contributed by atoms with Gasteiger partial charge in [-0.1, -0.05) is 29.8 Å². The van der Waals surface area contributed by atoms with Crippen molar-refractivity contribution >= 4 is 11.9 Å². The van der Waals surface area contributed by atoms with E-state index in [2.05, 4.69) is 9.97 Å². The van der Waals surface area contributed by atoms with Crippen LogP contribution >= 0.6 is 0 Å². The van der Waals surface area contributed by atoms with E-state index >= 15 is 0 Å². The highest BCUT2D eigenvalue weighted by Crippen LogP contribution is 2.19. The smallest absolute Gasteiger partial charge is 0.306 e. The number of esters is 1. The molecule has 2 aromatic rings. The lowest BCUT2D eigenvalue weighted by Gasteiger charge is -2.28. The normalized spacial score (nSPS) is 13.2. The number of aromatic nitrogens is 2. The van der Waals surface area contributed by atoms with Crippen LogP contribution in [-0.4, -0.2) is 39.9 Å². The van der Waals surface area contributed by atoms with Crippen LogP contribution < -0.4 is 5.56 Å². The molecule has 7 heteroatoms. The minimum absolute atomic E-state index is 0.0526. The van der Waals surface area contributed by atoms with Gasteiger partial charge in [0.05, 0.1) is 30.8 Å². The molecule has 1 aliphatic heterocycles. The molecular formula is C20H23N3O4. The second kappa shape index (κ2) is 8.16. The van der Waals surface area contributed by atoms with Gasteiger partial charge in [-0.25, -0.2) is 4.98 Å². The summed E-state index contributed by atoms with van der Waals surface area (Å²) in [6.45, 7) is 4.73. The van der Waals surface area contributed by atoms with Gasteiger partial charge in [0.25, 0.3) is 5.56 Å². The van der Waals surface area contributed by atoms with Gasteiger partial charge in [-0.2, -0.15) is 0 Å². The number of ether oxygens (including phenoxy) is 1. The Morgan fingerprint density at radius 2 is 1.96 bits per heavy atom. The van der Waals surface area contributed by atoms with Gasteiger partial charge in [-0.05, 0) is 13.8 Å². The molecule has 0 atom stereocenters. The minimum Gasteiger partial charge on any atom is -0.466 e. The number of hydrogen-bond acceptors (Lipinski definition) is 5. The van der Waals surface area contributed by atoms with Crippen LogP contribution in [0.5, 0.6) is 0 Å². The molecule has 0 bridgehead atoms. The lowest BCUT2D eigenvalue weighted by Crippen LogP contribution is -2.39.